The summed E-state index contributed by atoms with van der Waals surface area (Å²) in [5, 5.41) is 18.8. The molecule has 0 aliphatic carbocycles. The second kappa shape index (κ2) is 5.09. The quantitative estimate of drug-likeness (QED) is 0.790. The Kier molecular flexibility index (Phi) is 3.13. The van der Waals surface area contributed by atoms with Gasteiger partial charge >= 0.3 is 5.97 Å². The first-order chi connectivity index (χ1) is 9.75. The number of hydrogen-bond acceptors (Lipinski definition) is 3. The lowest BCUT2D eigenvalue weighted by atomic mass is 9.98. The Labute approximate surface area is 115 Å². The predicted molar refractivity (Wildman–Crippen MR) is 75.7 cm³/mol. The third-order valence-electron chi connectivity index (χ3n) is 3.27. The largest absolute Gasteiger partial charge is 0.476 e. The van der Waals surface area contributed by atoms with Crippen molar-refractivity contribution >= 4 is 16.7 Å². The first-order valence-electron chi connectivity index (χ1n) is 6.26. The molecule has 0 atom stereocenters. The summed E-state index contributed by atoms with van der Waals surface area (Å²) < 4.78 is 0. The van der Waals surface area contributed by atoms with Gasteiger partial charge in [0.05, 0.1) is 0 Å². The number of carboxylic acids is 1. The highest BCUT2D eigenvalue weighted by Crippen LogP contribution is 2.22. The summed E-state index contributed by atoms with van der Waals surface area (Å²) in [4.78, 5) is 11.2. The van der Waals surface area contributed by atoms with Gasteiger partial charge in [0.1, 0.15) is 0 Å². The van der Waals surface area contributed by atoms with Crippen molar-refractivity contribution in [3.63, 3.8) is 0 Å². The molecule has 98 valence electrons. The number of hydrogen-bond donors (Lipinski definition) is 1. The van der Waals surface area contributed by atoms with E-state index in [1.54, 1.807) is 6.07 Å². The van der Waals surface area contributed by atoms with Crippen molar-refractivity contribution in [2.24, 2.45) is 0 Å². The van der Waals surface area contributed by atoms with Crippen LogP contribution < -0.4 is 0 Å². The maximum absolute atomic E-state index is 11.2. The summed E-state index contributed by atoms with van der Waals surface area (Å²) in [5.41, 5.74) is 1.77. The molecular weight excluding hydrogens is 252 g/mol. The van der Waals surface area contributed by atoms with Crippen molar-refractivity contribution in [1.29, 1.82) is 0 Å². The molecule has 4 nitrogen and oxygen atoms in total. The van der Waals surface area contributed by atoms with Crippen LogP contribution in [0.15, 0.2) is 54.7 Å². The number of fused-ring (bicyclic) bond motifs is 1. The number of aromatic carboxylic acids is 1. The smallest absolute Gasteiger partial charge is 0.356 e. The molecule has 1 heterocycles. The SMILES string of the molecule is O=C(O)c1nnccc1Cc1cccc2ccccc12. The lowest BCUT2D eigenvalue weighted by molar-refractivity contribution is 0.0688. The van der Waals surface area contributed by atoms with Gasteiger partial charge in [0.2, 0.25) is 0 Å². The zero-order chi connectivity index (χ0) is 13.9. The van der Waals surface area contributed by atoms with Gasteiger partial charge in [-0.3, -0.25) is 0 Å². The number of nitrogens with zero attached hydrogens (tertiary/aromatic N) is 2. The van der Waals surface area contributed by atoms with E-state index in [9.17, 15) is 4.79 Å². The van der Waals surface area contributed by atoms with E-state index < -0.39 is 5.97 Å². The van der Waals surface area contributed by atoms with Crippen LogP contribution in [0.5, 0.6) is 0 Å². The molecule has 0 fully saturated rings. The molecule has 3 aromatic rings. The van der Waals surface area contributed by atoms with Gasteiger partial charge in [-0.25, -0.2) is 4.79 Å². The number of carbonyl (C=O) groups is 1. The predicted octanol–water partition coefficient (Wildman–Crippen LogP) is 2.92. The van der Waals surface area contributed by atoms with E-state index in [4.69, 9.17) is 5.11 Å². The second-order valence-corrected chi connectivity index (χ2v) is 4.53. The third-order valence-corrected chi connectivity index (χ3v) is 3.27. The van der Waals surface area contributed by atoms with E-state index in [1.165, 1.54) is 6.20 Å². The van der Waals surface area contributed by atoms with Crippen molar-refractivity contribution in [2.75, 3.05) is 0 Å². The molecule has 0 aliphatic heterocycles. The summed E-state index contributed by atoms with van der Waals surface area (Å²) >= 11 is 0. The van der Waals surface area contributed by atoms with Crippen molar-refractivity contribution in [3.8, 4) is 0 Å². The zero-order valence-electron chi connectivity index (χ0n) is 10.7. The van der Waals surface area contributed by atoms with E-state index in [-0.39, 0.29) is 5.69 Å². The van der Waals surface area contributed by atoms with Crippen LogP contribution in [0.1, 0.15) is 21.6 Å². The van der Waals surface area contributed by atoms with E-state index in [0.717, 1.165) is 16.3 Å². The fraction of sp³-hybridized carbons (Fsp3) is 0.0625. The molecule has 1 N–H and O–H groups in total. The summed E-state index contributed by atoms with van der Waals surface area (Å²) in [6, 6.07) is 15.8. The van der Waals surface area contributed by atoms with Crippen LogP contribution in [0.2, 0.25) is 0 Å². The summed E-state index contributed by atoms with van der Waals surface area (Å²) in [6.07, 6.45) is 2.05. The van der Waals surface area contributed by atoms with Crippen LogP contribution in [0, 0.1) is 0 Å². The summed E-state index contributed by atoms with van der Waals surface area (Å²) in [6.45, 7) is 0. The van der Waals surface area contributed by atoms with Crippen LogP contribution in [-0.4, -0.2) is 21.3 Å². The summed E-state index contributed by atoms with van der Waals surface area (Å²) in [7, 11) is 0. The zero-order valence-corrected chi connectivity index (χ0v) is 10.7. The fourth-order valence-corrected chi connectivity index (χ4v) is 2.33. The van der Waals surface area contributed by atoms with E-state index in [2.05, 4.69) is 10.2 Å². The lowest BCUT2D eigenvalue weighted by Gasteiger charge is -2.08. The van der Waals surface area contributed by atoms with Crippen molar-refractivity contribution < 1.29 is 9.90 Å². The van der Waals surface area contributed by atoms with E-state index in [1.807, 2.05) is 42.5 Å². The monoisotopic (exact) mass is 264 g/mol. The first kappa shape index (κ1) is 12.3. The van der Waals surface area contributed by atoms with Gasteiger partial charge in [0, 0.05) is 12.6 Å². The van der Waals surface area contributed by atoms with Gasteiger partial charge in [-0.05, 0) is 28.0 Å². The van der Waals surface area contributed by atoms with Gasteiger partial charge < -0.3 is 5.11 Å². The standard InChI is InChI=1S/C16H12N2O2/c19-16(20)15-13(8-9-17-18-15)10-12-6-3-5-11-4-1-2-7-14(11)12/h1-9H,10H2,(H,19,20). The number of aromatic nitrogens is 2. The molecule has 0 unspecified atom stereocenters. The van der Waals surface area contributed by atoms with Gasteiger partial charge in [-0.2, -0.15) is 5.10 Å². The van der Waals surface area contributed by atoms with Gasteiger partial charge in [-0.15, -0.1) is 5.10 Å². The molecule has 0 spiro atoms. The normalized spacial score (nSPS) is 10.6. The van der Waals surface area contributed by atoms with Gasteiger partial charge in [-0.1, -0.05) is 42.5 Å². The van der Waals surface area contributed by atoms with Crippen LogP contribution in [0.4, 0.5) is 0 Å². The first-order valence-corrected chi connectivity index (χ1v) is 6.26. The molecule has 0 aliphatic rings. The van der Waals surface area contributed by atoms with Gasteiger partial charge in [0.25, 0.3) is 0 Å². The third kappa shape index (κ3) is 2.23. The number of carboxylic acid groups (broad SMARTS) is 1. The number of rotatable bonds is 3. The number of benzene rings is 2. The highest BCUT2D eigenvalue weighted by Gasteiger charge is 2.13. The maximum Gasteiger partial charge on any atom is 0.356 e. The van der Waals surface area contributed by atoms with Crippen LogP contribution in [0.3, 0.4) is 0 Å². The highest BCUT2D eigenvalue weighted by molar-refractivity contribution is 5.88. The van der Waals surface area contributed by atoms with Gasteiger partial charge in [0.15, 0.2) is 5.69 Å². The molecule has 0 saturated carbocycles. The Morgan fingerprint density at radius 2 is 1.80 bits per heavy atom. The Bertz CT molecular complexity index is 779. The minimum atomic E-state index is -1.05. The van der Waals surface area contributed by atoms with Crippen molar-refractivity contribution in [2.45, 2.75) is 6.42 Å². The Balaban J connectivity index is 2.08. The van der Waals surface area contributed by atoms with Crippen molar-refractivity contribution in [3.05, 3.63) is 71.5 Å². The molecule has 2 aromatic carbocycles. The van der Waals surface area contributed by atoms with Crippen LogP contribution in [-0.2, 0) is 6.42 Å². The Hall–Kier alpha value is -2.75. The maximum atomic E-state index is 11.2. The molecule has 1 aromatic heterocycles. The molecule has 4 heteroatoms. The average Bonchev–Trinajstić information content (AvgIpc) is 2.48. The van der Waals surface area contributed by atoms with Crippen molar-refractivity contribution in [1.82, 2.24) is 10.2 Å². The van der Waals surface area contributed by atoms with E-state index >= 15 is 0 Å². The molecule has 20 heavy (non-hydrogen) atoms. The molecule has 0 saturated heterocycles. The average molecular weight is 264 g/mol. The highest BCUT2D eigenvalue weighted by atomic mass is 16.4. The minimum Gasteiger partial charge on any atom is -0.476 e. The molecule has 0 radical (unpaired) electrons. The lowest BCUT2D eigenvalue weighted by Crippen LogP contribution is -2.07. The Morgan fingerprint density at radius 1 is 1.00 bits per heavy atom. The molecular formula is C16H12N2O2. The van der Waals surface area contributed by atoms with Crippen LogP contribution >= 0.6 is 0 Å². The topological polar surface area (TPSA) is 63.1 Å². The van der Waals surface area contributed by atoms with Crippen LogP contribution in [0.25, 0.3) is 10.8 Å². The minimum absolute atomic E-state index is 0.0143. The molecule has 0 bridgehead atoms. The molecule has 0 amide bonds. The Morgan fingerprint density at radius 3 is 2.65 bits per heavy atom. The summed E-state index contributed by atoms with van der Waals surface area (Å²) in [5.74, 6) is -1.05. The fourth-order valence-electron chi connectivity index (χ4n) is 2.33. The van der Waals surface area contributed by atoms with E-state index in [0.29, 0.717) is 12.0 Å². The second-order valence-electron chi connectivity index (χ2n) is 4.53. The molecule has 3 rings (SSSR count).